The highest BCUT2D eigenvalue weighted by Gasteiger charge is 2.17. The van der Waals surface area contributed by atoms with Crippen molar-refractivity contribution in [3.05, 3.63) is 29.6 Å². The van der Waals surface area contributed by atoms with E-state index in [2.05, 4.69) is 28.7 Å². The highest BCUT2D eigenvalue weighted by atomic mass is 16.2. The molecule has 0 spiro atoms. The molecule has 0 saturated carbocycles. The number of hydrogen-bond acceptors (Lipinski definition) is 3. The second-order valence-corrected chi connectivity index (χ2v) is 7.11. The fraction of sp³-hybridized carbons (Fsp3) is 0.526. The van der Waals surface area contributed by atoms with Crippen molar-refractivity contribution in [2.45, 2.75) is 33.9 Å². The fourth-order valence-corrected chi connectivity index (χ4v) is 2.75. The second kappa shape index (κ2) is 8.21. The van der Waals surface area contributed by atoms with Crippen LogP contribution < -0.4 is 5.32 Å². The first kappa shape index (κ1) is 19.8. The van der Waals surface area contributed by atoms with Gasteiger partial charge in [0, 0.05) is 39.8 Å². The number of carbonyl (C=O) groups excluding carboxylic acids is 2. The SMILES string of the molecule is CCn1c(CN(C)C(=O)NCC(C)C)nc2cc(C(=O)N(C)C)ccc21. The summed E-state index contributed by atoms with van der Waals surface area (Å²) in [6.07, 6.45) is 0. The molecule has 1 aromatic carbocycles. The highest BCUT2D eigenvalue weighted by molar-refractivity contribution is 5.97. The van der Waals surface area contributed by atoms with Crippen molar-refractivity contribution in [1.29, 1.82) is 0 Å². The number of urea groups is 1. The first-order chi connectivity index (χ1) is 12.2. The fourth-order valence-electron chi connectivity index (χ4n) is 2.75. The Morgan fingerprint density at radius 1 is 1.23 bits per heavy atom. The molecule has 0 bridgehead atoms. The molecular formula is C19H29N5O2. The van der Waals surface area contributed by atoms with Gasteiger partial charge in [-0.25, -0.2) is 9.78 Å². The minimum Gasteiger partial charge on any atom is -0.345 e. The van der Waals surface area contributed by atoms with Crippen LogP contribution in [0.4, 0.5) is 4.79 Å². The third-order valence-electron chi connectivity index (χ3n) is 4.18. The molecule has 2 rings (SSSR count). The van der Waals surface area contributed by atoms with Gasteiger partial charge in [0.1, 0.15) is 5.82 Å². The summed E-state index contributed by atoms with van der Waals surface area (Å²) in [6.45, 7) is 7.95. The van der Waals surface area contributed by atoms with E-state index < -0.39 is 0 Å². The third kappa shape index (κ3) is 4.33. The molecule has 142 valence electrons. The van der Waals surface area contributed by atoms with Crippen LogP contribution in [0.15, 0.2) is 18.2 Å². The minimum absolute atomic E-state index is 0.0512. The maximum Gasteiger partial charge on any atom is 0.317 e. The number of carbonyl (C=O) groups is 2. The molecule has 0 aliphatic heterocycles. The molecule has 0 atom stereocenters. The normalized spacial score (nSPS) is 11.0. The van der Waals surface area contributed by atoms with E-state index in [4.69, 9.17) is 0 Å². The van der Waals surface area contributed by atoms with Crippen molar-refractivity contribution >= 4 is 23.0 Å². The van der Waals surface area contributed by atoms with E-state index in [1.54, 1.807) is 30.9 Å². The molecule has 1 N–H and O–H groups in total. The Kier molecular flexibility index (Phi) is 6.23. The maximum absolute atomic E-state index is 12.2. The Morgan fingerprint density at radius 2 is 1.92 bits per heavy atom. The summed E-state index contributed by atoms with van der Waals surface area (Å²) >= 11 is 0. The monoisotopic (exact) mass is 359 g/mol. The Balaban J connectivity index is 2.26. The Labute approximate surface area is 155 Å². The lowest BCUT2D eigenvalue weighted by Gasteiger charge is -2.19. The molecule has 7 heteroatoms. The first-order valence-electron chi connectivity index (χ1n) is 8.94. The third-order valence-corrected chi connectivity index (χ3v) is 4.18. The van der Waals surface area contributed by atoms with Crippen molar-refractivity contribution in [2.75, 3.05) is 27.7 Å². The minimum atomic E-state index is -0.114. The van der Waals surface area contributed by atoms with Gasteiger partial charge >= 0.3 is 6.03 Å². The van der Waals surface area contributed by atoms with Crippen LogP contribution in [0.1, 0.15) is 37.0 Å². The molecule has 3 amide bonds. The van der Waals surface area contributed by atoms with Crippen LogP contribution in [-0.4, -0.2) is 59.0 Å². The topological polar surface area (TPSA) is 70.5 Å². The standard InChI is InChI=1S/C19H29N5O2/c1-7-24-16-9-8-14(18(25)22(4)5)10-15(16)21-17(24)12-23(6)19(26)20-11-13(2)3/h8-10,13H,7,11-12H2,1-6H3,(H,20,26). The van der Waals surface area contributed by atoms with Gasteiger partial charge in [-0.1, -0.05) is 13.8 Å². The molecule has 0 fully saturated rings. The van der Waals surface area contributed by atoms with Crippen molar-refractivity contribution in [2.24, 2.45) is 5.92 Å². The second-order valence-electron chi connectivity index (χ2n) is 7.11. The quantitative estimate of drug-likeness (QED) is 0.862. The summed E-state index contributed by atoms with van der Waals surface area (Å²) in [6, 6.07) is 5.44. The number of aromatic nitrogens is 2. The zero-order valence-electron chi connectivity index (χ0n) is 16.5. The number of aryl methyl sites for hydroxylation is 1. The molecule has 0 aliphatic carbocycles. The predicted octanol–water partition coefficient (Wildman–Crippen LogP) is 2.56. The van der Waals surface area contributed by atoms with Gasteiger partial charge in [-0.05, 0) is 31.0 Å². The summed E-state index contributed by atoms with van der Waals surface area (Å²) in [5.74, 6) is 1.16. The van der Waals surface area contributed by atoms with Crippen LogP contribution in [0.2, 0.25) is 0 Å². The number of imidazole rings is 1. The van der Waals surface area contributed by atoms with Gasteiger partial charge in [-0.15, -0.1) is 0 Å². The van der Waals surface area contributed by atoms with Gasteiger partial charge in [0.05, 0.1) is 17.6 Å². The van der Waals surface area contributed by atoms with Crippen molar-refractivity contribution in [3.63, 3.8) is 0 Å². The summed E-state index contributed by atoms with van der Waals surface area (Å²) in [5.41, 5.74) is 2.34. The van der Waals surface area contributed by atoms with E-state index in [1.165, 1.54) is 0 Å². The number of nitrogens with zero attached hydrogens (tertiary/aromatic N) is 4. The van der Waals surface area contributed by atoms with Crippen LogP contribution in [0, 0.1) is 5.92 Å². The summed E-state index contributed by atoms with van der Waals surface area (Å²) in [5, 5.41) is 2.91. The van der Waals surface area contributed by atoms with Crippen molar-refractivity contribution in [1.82, 2.24) is 24.7 Å². The lowest BCUT2D eigenvalue weighted by atomic mass is 10.2. The highest BCUT2D eigenvalue weighted by Crippen LogP contribution is 2.20. The van der Waals surface area contributed by atoms with Crippen molar-refractivity contribution < 1.29 is 9.59 Å². The molecule has 1 aromatic heterocycles. The summed E-state index contributed by atoms with van der Waals surface area (Å²) < 4.78 is 2.07. The van der Waals surface area contributed by atoms with Crippen LogP contribution in [0.3, 0.4) is 0 Å². The number of nitrogens with one attached hydrogen (secondary N) is 1. The van der Waals surface area contributed by atoms with Crippen LogP contribution in [0.5, 0.6) is 0 Å². The largest absolute Gasteiger partial charge is 0.345 e. The summed E-state index contributed by atoms with van der Waals surface area (Å²) in [4.78, 5) is 32.2. The van der Waals surface area contributed by atoms with Gasteiger partial charge in [0.25, 0.3) is 5.91 Å². The van der Waals surface area contributed by atoms with Gasteiger partial charge in [-0.3, -0.25) is 4.79 Å². The Hall–Kier alpha value is -2.57. The predicted molar refractivity (Wildman–Crippen MR) is 103 cm³/mol. The molecule has 0 aliphatic rings. The van der Waals surface area contributed by atoms with Crippen LogP contribution in [0.25, 0.3) is 11.0 Å². The van der Waals surface area contributed by atoms with Crippen LogP contribution >= 0.6 is 0 Å². The number of fused-ring (bicyclic) bond motifs is 1. The van der Waals surface area contributed by atoms with E-state index in [0.29, 0.717) is 24.6 Å². The number of benzene rings is 1. The van der Waals surface area contributed by atoms with Gasteiger partial charge in [0.2, 0.25) is 0 Å². The molecule has 2 aromatic rings. The molecule has 0 radical (unpaired) electrons. The summed E-state index contributed by atoms with van der Waals surface area (Å²) in [7, 11) is 5.22. The Morgan fingerprint density at radius 3 is 2.50 bits per heavy atom. The number of hydrogen-bond donors (Lipinski definition) is 1. The molecule has 1 heterocycles. The average Bonchev–Trinajstić information content (AvgIpc) is 2.94. The van der Waals surface area contributed by atoms with E-state index in [-0.39, 0.29) is 11.9 Å². The molecular weight excluding hydrogens is 330 g/mol. The molecule has 7 nitrogen and oxygen atoms in total. The molecule has 0 unspecified atom stereocenters. The van der Waals surface area contributed by atoms with Crippen LogP contribution in [-0.2, 0) is 13.1 Å². The van der Waals surface area contributed by atoms with E-state index >= 15 is 0 Å². The first-order valence-corrected chi connectivity index (χ1v) is 8.94. The lowest BCUT2D eigenvalue weighted by Crippen LogP contribution is -2.39. The molecule has 26 heavy (non-hydrogen) atoms. The molecule has 0 saturated heterocycles. The zero-order valence-corrected chi connectivity index (χ0v) is 16.5. The van der Waals surface area contributed by atoms with E-state index in [1.807, 2.05) is 25.1 Å². The van der Waals surface area contributed by atoms with E-state index in [0.717, 1.165) is 23.4 Å². The average molecular weight is 359 g/mol. The van der Waals surface area contributed by atoms with E-state index in [9.17, 15) is 9.59 Å². The lowest BCUT2D eigenvalue weighted by molar-refractivity contribution is 0.0827. The zero-order chi connectivity index (χ0) is 19.4. The van der Waals surface area contributed by atoms with Crippen molar-refractivity contribution in [3.8, 4) is 0 Å². The smallest absolute Gasteiger partial charge is 0.317 e. The van der Waals surface area contributed by atoms with Gasteiger partial charge in [0.15, 0.2) is 0 Å². The van der Waals surface area contributed by atoms with Gasteiger partial charge < -0.3 is 19.7 Å². The number of rotatable bonds is 6. The number of amides is 3. The maximum atomic E-state index is 12.2. The Bertz CT molecular complexity index is 795. The van der Waals surface area contributed by atoms with Gasteiger partial charge in [-0.2, -0.15) is 0 Å².